The molecule has 0 amide bonds. The fourth-order valence-electron chi connectivity index (χ4n) is 1.90. The quantitative estimate of drug-likeness (QED) is 0.644. The molecule has 1 aliphatic heterocycles. The van der Waals surface area contributed by atoms with E-state index in [1.54, 1.807) is 0 Å². The third-order valence-electron chi connectivity index (χ3n) is 2.57. The summed E-state index contributed by atoms with van der Waals surface area (Å²) in [5.41, 5.74) is 5.74. The number of aromatic nitrogens is 3. The van der Waals surface area contributed by atoms with Crippen molar-refractivity contribution in [3.63, 3.8) is 0 Å². The summed E-state index contributed by atoms with van der Waals surface area (Å²) >= 11 is 0. The van der Waals surface area contributed by atoms with Crippen LogP contribution in [0.3, 0.4) is 0 Å². The molecule has 72 valence electrons. The summed E-state index contributed by atoms with van der Waals surface area (Å²) in [6.45, 7) is 4.06. The van der Waals surface area contributed by atoms with Crippen molar-refractivity contribution in [2.75, 3.05) is 18.8 Å². The molecule has 0 radical (unpaired) electrons. The van der Waals surface area contributed by atoms with Crippen LogP contribution in [0.25, 0.3) is 0 Å². The maximum atomic E-state index is 5.74. The summed E-state index contributed by atoms with van der Waals surface area (Å²) in [5, 5.41) is 11.1. The van der Waals surface area contributed by atoms with Crippen LogP contribution in [0.2, 0.25) is 0 Å². The van der Waals surface area contributed by atoms with Gasteiger partial charge in [-0.25, -0.2) is 0 Å². The zero-order valence-electron chi connectivity index (χ0n) is 7.82. The monoisotopic (exact) mass is 181 g/mol. The molecule has 5 heteroatoms. The number of nitrogens with zero attached hydrogens (tertiary/aromatic N) is 3. The van der Waals surface area contributed by atoms with Gasteiger partial charge in [-0.3, -0.25) is 4.57 Å². The normalized spacial score (nSPS) is 19.2. The Labute approximate surface area is 77.3 Å². The molecular weight excluding hydrogens is 166 g/mol. The Morgan fingerprint density at radius 3 is 2.62 bits per heavy atom. The first-order chi connectivity index (χ1) is 6.29. The van der Waals surface area contributed by atoms with Gasteiger partial charge < -0.3 is 11.1 Å². The Morgan fingerprint density at radius 1 is 1.38 bits per heavy atom. The summed E-state index contributed by atoms with van der Waals surface area (Å²) in [6, 6.07) is 0.483. The summed E-state index contributed by atoms with van der Waals surface area (Å²) in [6.07, 6.45) is 2.23. The number of piperidine rings is 1. The Morgan fingerprint density at radius 2 is 2.08 bits per heavy atom. The van der Waals surface area contributed by atoms with Crippen molar-refractivity contribution >= 4 is 5.95 Å². The fraction of sp³-hybridized carbons (Fsp3) is 0.750. The van der Waals surface area contributed by atoms with Gasteiger partial charge >= 0.3 is 0 Å². The lowest BCUT2D eigenvalue weighted by molar-refractivity contribution is 0.366. The zero-order valence-corrected chi connectivity index (χ0v) is 7.82. The summed E-state index contributed by atoms with van der Waals surface area (Å²) in [7, 11) is 0. The fourth-order valence-corrected chi connectivity index (χ4v) is 1.90. The Hall–Kier alpha value is -1.10. The minimum absolute atomic E-state index is 0.483. The van der Waals surface area contributed by atoms with Crippen LogP contribution in [0.4, 0.5) is 5.95 Å². The highest BCUT2D eigenvalue weighted by Gasteiger charge is 2.18. The molecule has 3 N–H and O–H groups in total. The maximum absolute atomic E-state index is 5.74. The van der Waals surface area contributed by atoms with E-state index in [0.29, 0.717) is 12.0 Å². The van der Waals surface area contributed by atoms with Crippen LogP contribution in [0, 0.1) is 6.92 Å². The molecule has 1 aliphatic rings. The molecule has 1 aromatic rings. The van der Waals surface area contributed by atoms with Gasteiger partial charge in [0.2, 0.25) is 5.95 Å². The standard InChI is InChI=1S/C8H15N5/c1-6-11-12-8(9)13(6)7-2-4-10-5-3-7/h7,10H,2-5H2,1H3,(H2,9,12). The average Bonchev–Trinajstić information content (AvgIpc) is 2.48. The molecule has 1 saturated heterocycles. The van der Waals surface area contributed by atoms with Gasteiger partial charge in [0.25, 0.3) is 0 Å². The third kappa shape index (κ3) is 1.51. The van der Waals surface area contributed by atoms with Crippen LogP contribution < -0.4 is 11.1 Å². The first-order valence-corrected chi connectivity index (χ1v) is 4.66. The van der Waals surface area contributed by atoms with Crippen molar-refractivity contribution < 1.29 is 0 Å². The molecule has 0 atom stereocenters. The van der Waals surface area contributed by atoms with Crippen molar-refractivity contribution in [1.29, 1.82) is 0 Å². The molecule has 0 aromatic carbocycles. The van der Waals surface area contributed by atoms with Gasteiger partial charge in [0, 0.05) is 6.04 Å². The van der Waals surface area contributed by atoms with Crippen molar-refractivity contribution in [2.24, 2.45) is 0 Å². The molecule has 1 aromatic heterocycles. The number of hydrogen-bond acceptors (Lipinski definition) is 4. The average molecular weight is 181 g/mol. The highest BCUT2D eigenvalue weighted by molar-refractivity contribution is 5.18. The highest BCUT2D eigenvalue weighted by atomic mass is 15.3. The molecule has 0 saturated carbocycles. The predicted molar refractivity (Wildman–Crippen MR) is 50.3 cm³/mol. The number of anilines is 1. The van der Waals surface area contributed by atoms with Gasteiger partial charge in [-0.05, 0) is 32.9 Å². The third-order valence-corrected chi connectivity index (χ3v) is 2.57. The first-order valence-electron chi connectivity index (χ1n) is 4.66. The van der Waals surface area contributed by atoms with Crippen LogP contribution in [0.1, 0.15) is 24.7 Å². The Bertz CT molecular complexity index is 267. The van der Waals surface area contributed by atoms with Crippen LogP contribution in [-0.2, 0) is 0 Å². The lowest BCUT2D eigenvalue weighted by Crippen LogP contribution is -2.30. The minimum Gasteiger partial charge on any atom is -0.368 e. The molecule has 2 heterocycles. The molecule has 2 rings (SSSR count). The zero-order chi connectivity index (χ0) is 9.26. The summed E-state index contributed by atoms with van der Waals surface area (Å²) in [5.74, 6) is 1.47. The number of hydrogen-bond donors (Lipinski definition) is 2. The molecule has 0 bridgehead atoms. The number of aryl methyl sites for hydroxylation is 1. The lowest BCUT2D eigenvalue weighted by atomic mass is 10.1. The van der Waals surface area contributed by atoms with Gasteiger partial charge in [-0.1, -0.05) is 0 Å². The number of nitrogens with two attached hydrogens (primary N) is 1. The molecular formula is C8H15N5. The van der Waals surface area contributed by atoms with Gasteiger partial charge in [0.05, 0.1) is 0 Å². The van der Waals surface area contributed by atoms with E-state index in [9.17, 15) is 0 Å². The Balaban J connectivity index is 2.22. The second-order valence-corrected chi connectivity index (χ2v) is 3.46. The van der Waals surface area contributed by atoms with Crippen LogP contribution in [0.15, 0.2) is 0 Å². The molecule has 0 unspecified atom stereocenters. The van der Waals surface area contributed by atoms with Crippen molar-refractivity contribution in [1.82, 2.24) is 20.1 Å². The van der Waals surface area contributed by atoms with Crippen LogP contribution in [0.5, 0.6) is 0 Å². The topological polar surface area (TPSA) is 68.8 Å². The largest absolute Gasteiger partial charge is 0.368 e. The number of rotatable bonds is 1. The van der Waals surface area contributed by atoms with E-state index in [2.05, 4.69) is 15.5 Å². The van der Waals surface area contributed by atoms with E-state index < -0.39 is 0 Å². The second-order valence-electron chi connectivity index (χ2n) is 3.46. The van der Waals surface area contributed by atoms with E-state index in [-0.39, 0.29) is 0 Å². The molecule has 5 nitrogen and oxygen atoms in total. The van der Waals surface area contributed by atoms with Gasteiger partial charge in [0.15, 0.2) is 0 Å². The SMILES string of the molecule is Cc1nnc(N)n1C1CCNCC1. The predicted octanol–water partition coefficient (Wildman–Crippen LogP) is 0.0932. The van der Waals surface area contributed by atoms with Crippen LogP contribution >= 0.6 is 0 Å². The van der Waals surface area contributed by atoms with Gasteiger partial charge in [0.1, 0.15) is 5.82 Å². The van der Waals surface area contributed by atoms with E-state index in [1.165, 1.54) is 0 Å². The van der Waals surface area contributed by atoms with E-state index in [0.717, 1.165) is 31.8 Å². The van der Waals surface area contributed by atoms with E-state index in [4.69, 9.17) is 5.73 Å². The summed E-state index contributed by atoms with van der Waals surface area (Å²) in [4.78, 5) is 0. The lowest BCUT2D eigenvalue weighted by Gasteiger charge is -2.24. The molecule has 1 fully saturated rings. The van der Waals surface area contributed by atoms with E-state index in [1.807, 2.05) is 11.5 Å². The first kappa shape index (κ1) is 8.50. The van der Waals surface area contributed by atoms with Crippen LogP contribution in [-0.4, -0.2) is 27.9 Å². The molecule has 0 spiro atoms. The Kier molecular flexibility index (Phi) is 2.18. The highest BCUT2D eigenvalue weighted by Crippen LogP contribution is 2.22. The van der Waals surface area contributed by atoms with E-state index >= 15 is 0 Å². The second kappa shape index (κ2) is 3.33. The number of nitrogens with one attached hydrogen (secondary N) is 1. The molecule has 13 heavy (non-hydrogen) atoms. The number of nitrogen functional groups attached to an aromatic ring is 1. The van der Waals surface area contributed by atoms with Crippen molar-refractivity contribution in [3.8, 4) is 0 Å². The summed E-state index contributed by atoms with van der Waals surface area (Å²) < 4.78 is 2.04. The molecule has 0 aliphatic carbocycles. The smallest absolute Gasteiger partial charge is 0.222 e. The minimum atomic E-state index is 0.483. The van der Waals surface area contributed by atoms with Crippen molar-refractivity contribution in [2.45, 2.75) is 25.8 Å². The van der Waals surface area contributed by atoms with Crippen molar-refractivity contribution in [3.05, 3.63) is 5.82 Å². The van der Waals surface area contributed by atoms with Gasteiger partial charge in [-0.2, -0.15) is 0 Å². The van der Waals surface area contributed by atoms with Gasteiger partial charge in [-0.15, -0.1) is 10.2 Å². The maximum Gasteiger partial charge on any atom is 0.222 e.